The maximum atomic E-state index is 13.3. The van der Waals surface area contributed by atoms with Gasteiger partial charge in [0.05, 0.1) is 10.9 Å². The van der Waals surface area contributed by atoms with Gasteiger partial charge in [0.25, 0.3) is 5.91 Å². The molecule has 0 saturated carbocycles. The van der Waals surface area contributed by atoms with Gasteiger partial charge in [0.2, 0.25) is 16.0 Å². The fraction of sp³-hybridized carbons (Fsp3) is 0.368. The van der Waals surface area contributed by atoms with Crippen LogP contribution in [0.3, 0.4) is 0 Å². The van der Waals surface area contributed by atoms with E-state index in [1.807, 2.05) is 24.3 Å². The summed E-state index contributed by atoms with van der Waals surface area (Å²) in [6.07, 6.45) is 3.04. The summed E-state index contributed by atoms with van der Waals surface area (Å²) in [5.74, 6) is -1.09. The minimum atomic E-state index is -3.58. The van der Waals surface area contributed by atoms with Crippen LogP contribution in [-0.2, 0) is 16.4 Å². The highest BCUT2D eigenvalue weighted by Gasteiger charge is 2.39. The van der Waals surface area contributed by atoms with E-state index in [9.17, 15) is 17.6 Å². The number of piperidine rings is 1. The SMILES string of the molecule is O=C(c1ccnc(F)c1)N1CCC[C@H](S(=O)(=O)N2CCc3ccccc32)C1. The zero-order chi connectivity index (χ0) is 19.0. The summed E-state index contributed by atoms with van der Waals surface area (Å²) >= 11 is 0. The minimum Gasteiger partial charge on any atom is -0.337 e. The van der Waals surface area contributed by atoms with Crippen molar-refractivity contribution in [2.45, 2.75) is 24.5 Å². The highest BCUT2D eigenvalue weighted by atomic mass is 32.2. The van der Waals surface area contributed by atoms with Crippen molar-refractivity contribution in [1.82, 2.24) is 9.88 Å². The average Bonchev–Trinajstić information content (AvgIpc) is 3.12. The van der Waals surface area contributed by atoms with Gasteiger partial charge in [-0.2, -0.15) is 4.39 Å². The highest BCUT2D eigenvalue weighted by molar-refractivity contribution is 7.93. The third kappa shape index (κ3) is 3.29. The maximum Gasteiger partial charge on any atom is 0.254 e. The second-order valence-electron chi connectivity index (χ2n) is 6.88. The van der Waals surface area contributed by atoms with Crippen LogP contribution in [-0.4, -0.2) is 49.1 Å². The fourth-order valence-electron chi connectivity index (χ4n) is 3.84. The molecule has 2 aromatic rings. The number of para-hydroxylation sites is 1. The summed E-state index contributed by atoms with van der Waals surface area (Å²) < 4.78 is 41.3. The number of pyridine rings is 1. The normalized spacial score (nSPS) is 19.8. The first kappa shape index (κ1) is 17.9. The molecule has 8 heteroatoms. The molecular weight excluding hydrogens is 369 g/mol. The molecule has 1 aromatic heterocycles. The molecule has 3 heterocycles. The Bertz CT molecular complexity index is 980. The second-order valence-corrected chi connectivity index (χ2v) is 9.02. The third-order valence-electron chi connectivity index (χ3n) is 5.21. The van der Waals surface area contributed by atoms with Crippen molar-refractivity contribution in [3.8, 4) is 0 Å². The quantitative estimate of drug-likeness (QED) is 0.755. The number of likely N-dealkylation sites (tertiary alicyclic amines) is 1. The summed E-state index contributed by atoms with van der Waals surface area (Å²) in [4.78, 5) is 17.6. The van der Waals surface area contributed by atoms with Gasteiger partial charge in [0.1, 0.15) is 0 Å². The molecule has 1 fully saturated rings. The lowest BCUT2D eigenvalue weighted by Crippen LogP contribution is -2.49. The number of nitrogens with zero attached hydrogens (tertiary/aromatic N) is 3. The molecule has 0 radical (unpaired) electrons. The monoisotopic (exact) mass is 389 g/mol. The van der Waals surface area contributed by atoms with Crippen LogP contribution in [0.25, 0.3) is 0 Å². The van der Waals surface area contributed by atoms with Crippen LogP contribution < -0.4 is 4.31 Å². The number of aromatic nitrogens is 1. The Morgan fingerprint density at radius 1 is 1.19 bits per heavy atom. The van der Waals surface area contributed by atoms with Gasteiger partial charge in [-0.3, -0.25) is 9.10 Å². The fourth-order valence-corrected chi connectivity index (χ4v) is 5.83. The molecule has 2 aliphatic heterocycles. The number of carbonyl (C=O) groups excluding carboxylic acids is 1. The zero-order valence-electron chi connectivity index (χ0n) is 14.7. The van der Waals surface area contributed by atoms with E-state index >= 15 is 0 Å². The van der Waals surface area contributed by atoms with Crippen LogP contribution in [0.2, 0.25) is 0 Å². The average molecular weight is 389 g/mol. The maximum absolute atomic E-state index is 13.3. The summed E-state index contributed by atoms with van der Waals surface area (Å²) in [7, 11) is -3.58. The van der Waals surface area contributed by atoms with E-state index in [1.54, 1.807) is 0 Å². The van der Waals surface area contributed by atoms with Crippen LogP contribution in [0.15, 0.2) is 42.6 Å². The number of carbonyl (C=O) groups is 1. The van der Waals surface area contributed by atoms with Crippen LogP contribution in [0.5, 0.6) is 0 Å². The topological polar surface area (TPSA) is 70.6 Å². The van der Waals surface area contributed by atoms with Crippen molar-refractivity contribution in [2.24, 2.45) is 0 Å². The summed E-state index contributed by atoms with van der Waals surface area (Å²) in [5.41, 5.74) is 1.95. The third-order valence-corrected chi connectivity index (χ3v) is 7.43. The Morgan fingerprint density at radius 2 is 2.00 bits per heavy atom. The van der Waals surface area contributed by atoms with Gasteiger partial charge >= 0.3 is 0 Å². The van der Waals surface area contributed by atoms with Crippen LogP contribution in [0.1, 0.15) is 28.8 Å². The molecule has 0 N–H and O–H groups in total. The van der Waals surface area contributed by atoms with E-state index < -0.39 is 21.2 Å². The molecule has 6 nitrogen and oxygen atoms in total. The van der Waals surface area contributed by atoms with E-state index in [0.29, 0.717) is 32.4 Å². The van der Waals surface area contributed by atoms with E-state index in [4.69, 9.17) is 0 Å². The predicted molar refractivity (Wildman–Crippen MR) is 99.5 cm³/mol. The second kappa shape index (κ2) is 6.92. The van der Waals surface area contributed by atoms with Gasteiger partial charge in [0.15, 0.2) is 0 Å². The molecule has 4 rings (SSSR count). The van der Waals surface area contributed by atoms with Crippen LogP contribution in [0.4, 0.5) is 10.1 Å². The number of fused-ring (bicyclic) bond motifs is 1. The van der Waals surface area contributed by atoms with E-state index in [-0.39, 0.29) is 18.0 Å². The standard InChI is InChI=1S/C19H20FN3O3S/c20-18-12-15(7-9-21-18)19(24)22-10-3-5-16(13-22)27(25,26)23-11-8-14-4-1-2-6-17(14)23/h1-2,4,6-7,9,12,16H,3,5,8,10-11,13H2/t16-/m0/s1. The minimum absolute atomic E-state index is 0.115. The number of amides is 1. The Balaban J connectivity index is 1.55. The first-order valence-electron chi connectivity index (χ1n) is 8.97. The zero-order valence-corrected chi connectivity index (χ0v) is 15.5. The number of benzene rings is 1. The van der Waals surface area contributed by atoms with Crippen molar-refractivity contribution in [3.05, 3.63) is 59.7 Å². The Labute approximate surface area is 157 Å². The molecule has 0 aliphatic carbocycles. The molecule has 0 unspecified atom stereocenters. The predicted octanol–water partition coefficient (Wildman–Crippen LogP) is 2.22. The van der Waals surface area contributed by atoms with Gasteiger partial charge in [-0.1, -0.05) is 18.2 Å². The van der Waals surface area contributed by atoms with Crippen molar-refractivity contribution in [2.75, 3.05) is 23.9 Å². The van der Waals surface area contributed by atoms with Gasteiger partial charge in [-0.15, -0.1) is 0 Å². The van der Waals surface area contributed by atoms with E-state index in [2.05, 4.69) is 4.98 Å². The van der Waals surface area contributed by atoms with Crippen LogP contribution >= 0.6 is 0 Å². The molecule has 27 heavy (non-hydrogen) atoms. The number of rotatable bonds is 3. The smallest absolute Gasteiger partial charge is 0.254 e. The van der Waals surface area contributed by atoms with E-state index in [1.165, 1.54) is 21.5 Å². The van der Waals surface area contributed by atoms with Crippen molar-refractivity contribution >= 4 is 21.6 Å². The molecule has 142 valence electrons. The van der Waals surface area contributed by atoms with Crippen molar-refractivity contribution in [1.29, 1.82) is 0 Å². The van der Waals surface area contributed by atoms with Crippen molar-refractivity contribution < 1.29 is 17.6 Å². The molecule has 0 bridgehead atoms. The molecule has 1 atom stereocenters. The highest BCUT2D eigenvalue weighted by Crippen LogP contribution is 2.33. The lowest BCUT2D eigenvalue weighted by atomic mass is 10.1. The first-order valence-corrected chi connectivity index (χ1v) is 10.5. The molecular formula is C19H20FN3O3S. The molecule has 1 amide bonds. The Hall–Kier alpha value is -2.48. The number of anilines is 1. The Kier molecular flexibility index (Phi) is 4.59. The van der Waals surface area contributed by atoms with E-state index in [0.717, 1.165) is 17.3 Å². The molecule has 1 aromatic carbocycles. The van der Waals surface area contributed by atoms with Gasteiger partial charge in [0, 0.05) is 37.5 Å². The number of sulfonamides is 1. The number of hydrogen-bond acceptors (Lipinski definition) is 4. The van der Waals surface area contributed by atoms with Gasteiger partial charge < -0.3 is 4.90 Å². The first-order chi connectivity index (χ1) is 13.0. The summed E-state index contributed by atoms with van der Waals surface area (Å²) in [6.45, 7) is 1.01. The van der Waals surface area contributed by atoms with Gasteiger partial charge in [-0.05, 0) is 37.0 Å². The van der Waals surface area contributed by atoms with Crippen molar-refractivity contribution in [3.63, 3.8) is 0 Å². The lowest BCUT2D eigenvalue weighted by Gasteiger charge is -2.35. The number of hydrogen-bond donors (Lipinski definition) is 0. The number of halogens is 1. The molecule has 0 spiro atoms. The molecule has 2 aliphatic rings. The molecule has 1 saturated heterocycles. The summed E-state index contributed by atoms with van der Waals surface area (Å²) in [5, 5.41) is -0.659. The van der Waals surface area contributed by atoms with Crippen LogP contribution in [0, 0.1) is 5.95 Å². The lowest BCUT2D eigenvalue weighted by molar-refractivity contribution is 0.0726. The largest absolute Gasteiger partial charge is 0.337 e. The Morgan fingerprint density at radius 3 is 2.81 bits per heavy atom. The summed E-state index contributed by atoms with van der Waals surface area (Å²) in [6, 6.07) is 10.0. The van der Waals surface area contributed by atoms with Gasteiger partial charge in [-0.25, -0.2) is 13.4 Å².